The van der Waals surface area contributed by atoms with E-state index in [1.807, 2.05) is 11.8 Å². The van der Waals surface area contributed by atoms with Crippen molar-refractivity contribution in [3.8, 4) is 0 Å². The van der Waals surface area contributed by atoms with Gasteiger partial charge in [0.25, 0.3) is 0 Å². The lowest BCUT2D eigenvalue weighted by atomic mass is 9.94. The van der Waals surface area contributed by atoms with Gasteiger partial charge in [-0.15, -0.1) is 0 Å². The van der Waals surface area contributed by atoms with Gasteiger partial charge in [0.05, 0.1) is 5.56 Å². The van der Waals surface area contributed by atoms with Crippen molar-refractivity contribution in [3.05, 3.63) is 22.9 Å². The molecule has 3 nitrogen and oxygen atoms in total. The third-order valence-corrected chi connectivity index (χ3v) is 5.40. The minimum absolute atomic E-state index is 0.457. The fraction of sp³-hybridized carbons (Fsp3) is 0.600. The average Bonchev–Trinajstić information content (AvgIpc) is 2.47. The first kappa shape index (κ1) is 14.1. The Morgan fingerprint density at radius 1 is 1.30 bits per heavy atom. The number of fused-ring (bicyclic) bond motifs is 1. The maximum Gasteiger partial charge on any atom is 0.136 e. The molecular formula is C15H21N3S2. The average molecular weight is 307 g/mol. The molecule has 1 aliphatic heterocycles. The summed E-state index contributed by atoms with van der Waals surface area (Å²) in [5.41, 5.74) is 9.41. The van der Waals surface area contributed by atoms with Crippen molar-refractivity contribution >= 4 is 34.8 Å². The Morgan fingerprint density at radius 2 is 2.05 bits per heavy atom. The predicted molar refractivity (Wildman–Crippen MR) is 90.7 cm³/mol. The third-order valence-electron chi connectivity index (χ3n) is 4.13. The zero-order chi connectivity index (χ0) is 13.9. The van der Waals surface area contributed by atoms with E-state index in [0.29, 0.717) is 11.0 Å². The lowest BCUT2D eigenvalue weighted by molar-refractivity contribution is 0.651. The Kier molecular flexibility index (Phi) is 4.46. The molecule has 0 bridgehead atoms. The summed E-state index contributed by atoms with van der Waals surface area (Å²) < 4.78 is 0. The van der Waals surface area contributed by atoms with E-state index in [0.717, 1.165) is 24.2 Å². The molecule has 1 aromatic rings. The van der Waals surface area contributed by atoms with Gasteiger partial charge in [0.1, 0.15) is 10.8 Å². The number of rotatable bonds is 3. The molecule has 0 amide bonds. The van der Waals surface area contributed by atoms with Crippen molar-refractivity contribution in [2.24, 2.45) is 5.73 Å². The second-order valence-electron chi connectivity index (χ2n) is 5.59. The van der Waals surface area contributed by atoms with E-state index in [1.54, 1.807) is 0 Å². The van der Waals surface area contributed by atoms with E-state index in [1.165, 1.54) is 48.4 Å². The number of nitrogens with two attached hydrogens (primary N) is 1. The number of thiocarbonyl (C=S) groups is 1. The number of anilines is 1. The number of hydrogen-bond acceptors (Lipinski definition) is 4. The summed E-state index contributed by atoms with van der Waals surface area (Å²) in [6.07, 6.45) is 7.07. The molecule has 0 saturated carbocycles. The molecule has 0 spiro atoms. The van der Waals surface area contributed by atoms with Crippen LogP contribution in [0.15, 0.2) is 6.07 Å². The molecule has 20 heavy (non-hydrogen) atoms. The fourth-order valence-corrected chi connectivity index (χ4v) is 4.23. The van der Waals surface area contributed by atoms with E-state index in [-0.39, 0.29) is 0 Å². The Labute approximate surface area is 130 Å². The van der Waals surface area contributed by atoms with Crippen LogP contribution in [0.1, 0.15) is 42.5 Å². The molecule has 0 unspecified atom stereocenters. The van der Waals surface area contributed by atoms with Crippen molar-refractivity contribution in [1.29, 1.82) is 0 Å². The quantitative estimate of drug-likeness (QED) is 0.841. The smallest absolute Gasteiger partial charge is 0.136 e. The first-order chi connectivity index (χ1) is 9.74. The van der Waals surface area contributed by atoms with Crippen molar-refractivity contribution < 1.29 is 0 Å². The van der Waals surface area contributed by atoms with Gasteiger partial charge >= 0.3 is 0 Å². The maximum absolute atomic E-state index is 5.90. The molecule has 1 aliphatic carbocycles. The van der Waals surface area contributed by atoms with Crippen molar-refractivity contribution in [2.45, 2.75) is 44.6 Å². The van der Waals surface area contributed by atoms with Crippen LogP contribution < -0.4 is 11.1 Å². The lowest BCUT2D eigenvalue weighted by Gasteiger charge is -2.26. The van der Waals surface area contributed by atoms with Gasteiger partial charge in [-0.25, -0.2) is 4.98 Å². The Balaban J connectivity index is 1.88. The van der Waals surface area contributed by atoms with Crippen molar-refractivity contribution in [3.63, 3.8) is 0 Å². The Hall–Kier alpha value is -0.810. The summed E-state index contributed by atoms with van der Waals surface area (Å²) in [5, 5.41) is 3.59. The van der Waals surface area contributed by atoms with E-state index in [2.05, 4.69) is 11.4 Å². The van der Waals surface area contributed by atoms with Crippen LogP contribution in [0.5, 0.6) is 0 Å². The first-order valence-corrected chi connectivity index (χ1v) is 8.97. The van der Waals surface area contributed by atoms with Crippen LogP contribution >= 0.6 is 24.0 Å². The third kappa shape index (κ3) is 3.09. The van der Waals surface area contributed by atoms with Crippen LogP contribution in [0.2, 0.25) is 0 Å². The summed E-state index contributed by atoms with van der Waals surface area (Å²) >= 11 is 7.25. The highest BCUT2D eigenvalue weighted by molar-refractivity contribution is 7.99. The van der Waals surface area contributed by atoms with Crippen LogP contribution in [0.3, 0.4) is 0 Å². The number of pyridine rings is 1. The van der Waals surface area contributed by atoms with E-state index < -0.39 is 0 Å². The van der Waals surface area contributed by atoms with Crippen LogP contribution in [-0.2, 0) is 12.8 Å². The van der Waals surface area contributed by atoms with Gasteiger partial charge < -0.3 is 11.1 Å². The largest absolute Gasteiger partial charge is 0.389 e. The monoisotopic (exact) mass is 307 g/mol. The van der Waals surface area contributed by atoms with Crippen LogP contribution in [-0.4, -0.2) is 27.5 Å². The molecule has 2 heterocycles. The number of aromatic nitrogens is 1. The minimum atomic E-state index is 0.457. The van der Waals surface area contributed by atoms with E-state index >= 15 is 0 Å². The Bertz CT molecular complexity index is 510. The van der Waals surface area contributed by atoms with Gasteiger partial charge in [-0.3, -0.25) is 0 Å². The topological polar surface area (TPSA) is 50.9 Å². The summed E-state index contributed by atoms with van der Waals surface area (Å²) in [6, 6.07) is 2.68. The summed E-state index contributed by atoms with van der Waals surface area (Å²) in [6.45, 7) is 0. The van der Waals surface area contributed by atoms with Gasteiger partial charge in [0, 0.05) is 11.7 Å². The number of thioether (sulfide) groups is 1. The fourth-order valence-electron chi connectivity index (χ4n) is 2.97. The molecular weight excluding hydrogens is 286 g/mol. The zero-order valence-electron chi connectivity index (χ0n) is 11.7. The predicted octanol–water partition coefficient (Wildman–Crippen LogP) is 2.90. The van der Waals surface area contributed by atoms with Crippen LogP contribution in [0, 0.1) is 0 Å². The van der Waals surface area contributed by atoms with Gasteiger partial charge in [0.2, 0.25) is 0 Å². The number of nitrogens with one attached hydrogen (secondary N) is 1. The molecule has 3 N–H and O–H groups in total. The second kappa shape index (κ2) is 6.31. The maximum atomic E-state index is 5.90. The number of nitrogens with zero attached hydrogens (tertiary/aromatic N) is 1. The highest BCUT2D eigenvalue weighted by Gasteiger charge is 2.20. The van der Waals surface area contributed by atoms with Gasteiger partial charge in [0.15, 0.2) is 0 Å². The molecule has 5 heteroatoms. The molecule has 2 aliphatic rings. The molecule has 0 aromatic carbocycles. The second-order valence-corrected chi connectivity index (χ2v) is 7.26. The van der Waals surface area contributed by atoms with Crippen molar-refractivity contribution in [1.82, 2.24) is 4.98 Å². The van der Waals surface area contributed by atoms with Gasteiger partial charge in [-0.2, -0.15) is 11.8 Å². The highest BCUT2D eigenvalue weighted by atomic mass is 32.2. The summed E-state index contributed by atoms with van der Waals surface area (Å²) in [7, 11) is 0. The number of hydrogen-bond donors (Lipinski definition) is 2. The minimum Gasteiger partial charge on any atom is -0.389 e. The normalized spacial score (nSPS) is 19.4. The standard InChI is InChI=1S/C15H21N3S2/c16-14(19)12-9-10-3-1-2-4-13(10)18-15(12)17-11-5-7-20-8-6-11/h9,11H,1-8H2,(H2,16,19)(H,17,18). The molecule has 1 saturated heterocycles. The molecule has 1 fully saturated rings. The molecule has 108 valence electrons. The van der Waals surface area contributed by atoms with Gasteiger partial charge in [-0.1, -0.05) is 12.2 Å². The zero-order valence-corrected chi connectivity index (χ0v) is 13.3. The first-order valence-electron chi connectivity index (χ1n) is 7.41. The van der Waals surface area contributed by atoms with E-state index in [4.69, 9.17) is 22.9 Å². The molecule has 0 atom stereocenters. The van der Waals surface area contributed by atoms with Crippen LogP contribution in [0.25, 0.3) is 0 Å². The molecule has 1 aromatic heterocycles. The molecule has 3 rings (SSSR count). The van der Waals surface area contributed by atoms with Crippen LogP contribution in [0.4, 0.5) is 5.82 Å². The number of aryl methyl sites for hydroxylation is 2. The summed E-state index contributed by atoms with van der Waals surface area (Å²) in [5.74, 6) is 3.37. The summed E-state index contributed by atoms with van der Waals surface area (Å²) in [4.78, 5) is 5.30. The molecule has 0 radical (unpaired) electrons. The van der Waals surface area contributed by atoms with Crippen molar-refractivity contribution in [2.75, 3.05) is 16.8 Å². The Morgan fingerprint density at radius 3 is 2.80 bits per heavy atom. The lowest BCUT2D eigenvalue weighted by Crippen LogP contribution is -2.27. The SMILES string of the molecule is NC(=S)c1cc2c(nc1NC1CCSCC1)CCCC2. The van der Waals surface area contributed by atoms with Gasteiger partial charge in [-0.05, 0) is 61.7 Å². The van der Waals surface area contributed by atoms with E-state index in [9.17, 15) is 0 Å². The highest BCUT2D eigenvalue weighted by Crippen LogP contribution is 2.27.